The molecule has 0 amide bonds. The topological polar surface area (TPSA) is 80.4 Å². The molecule has 0 radical (unpaired) electrons. The van der Waals surface area contributed by atoms with Crippen molar-refractivity contribution >= 4 is 10.1 Å². The summed E-state index contributed by atoms with van der Waals surface area (Å²) in [6.07, 6.45) is 8.09. The molecule has 4 bridgehead atoms. The first-order chi connectivity index (χ1) is 9.57. The lowest BCUT2D eigenvalue weighted by Crippen LogP contribution is -2.58. The molecule has 4 fully saturated rings. The van der Waals surface area contributed by atoms with Crippen LogP contribution in [-0.2, 0) is 10.1 Å². The van der Waals surface area contributed by atoms with Crippen molar-refractivity contribution in [1.82, 2.24) is 0 Å². The molecule has 3 atom stereocenters. The Labute approximate surface area is 128 Å². The van der Waals surface area contributed by atoms with Gasteiger partial charge in [-0.15, -0.1) is 0 Å². The second kappa shape index (κ2) is 4.68. The maximum atomic E-state index is 11.1. The lowest BCUT2D eigenvalue weighted by molar-refractivity contribution is -0.166. The molecular formula is C16H29NO3S. The zero-order valence-electron chi connectivity index (χ0n) is 13.3. The van der Waals surface area contributed by atoms with Crippen LogP contribution < -0.4 is 5.73 Å². The van der Waals surface area contributed by atoms with Gasteiger partial charge in [0.2, 0.25) is 0 Å². The van der Waals surface area contributed by atoms with Gasteiger partial charge >= 0.3 is 0 Å². The normalized spacial score (nSPS) is 46.8. The Morgan fingerprint density at radius 2 is 1.71 bits per heavy atom. The van der Waals surface area contributed by atoms with Gasteiger partial charge < -0.3 is 5.73 Å². The molecule has 0 aromatic rings. The highest BCUT2D eigenvalue weighted by Crippen LogP contribution is 2.71. The van der Waals surface area contributed by atoms with Crippen molar-refractivity contribution in [2.24, 2.45) is 33.8 Å². The van der Waals surface area contributed by atoms with Crippen molar-refractivity contribution < 1.29 is 13.0 Å². The molecule has 5 heteroatoms. The van der Waals surface area contributed by atoms with Gasteiger partial charge in [-0.3, -0.25) is 4.55 Å². The Kier molecular flexibility index (Phi) is 3.51. The van der Waals surface area contributed by atoms with Crippen molar-refractivity contribution in [1.29, 1.82) is 0 Å². The van der Waals surface area contributed by atoms with Crippen LogP contribution in [-0.4, -0.2) is 25.3 Å². The van der Waals surface area contributed by atoms with E-state index in [4.69, 9.17) is 10.3 Å². The molecule has 0 saturated heterocycles. The van der Waals surface area contributed by atoms with E-state index in [0.717, 1.165) is 5.92 Å². The van der Waals surface area contributed by atoms with Crippen molar-refractivity contribution in [3.8, 4) is 0 Å². The fourth-order valence-corrected chi connectivity index (χ4v) is 7.54. The van der Waals surface area contributed by atoms with Crippen LogP contribution in [0.1, 0.15) is 58.8 Å². The Morgan fingerprint density at radius 1 is 1.14 bits per heavy atom. The molecule has 3 N–H and O–H groups in total. The SMILES string of the molecule is CC12CC3CC(C)(C1)CC(C(CN)CCS(=O)(=O)O)(C3)C2. The highest BCUT2D eigenvalue weighted by Gasteiger charge is 2.61. The Hall–Kier alpha value is -0.130. The molecular weight excluding hydrogens is 286 g/mol. The maximum Gasteiger partial charge on any atom is 0.264 e. The van der Waals surface area contributed by atoms with Crippen LogP contribution >= 0.6 is 0 Å². The summed E-state index contributed by atoms with van der Waals surface area (Å²) in [6, 6.07) is 0. The van der Waals surface area contributed by atoms with Crippen LogP contribution in [0.15, 0.2) is 0 Å². The second-order valence-corrected chi connectivity index (χ2v) is 10.6. The van der Waals surface area contributed by atoms with Crippen LogP contribution in [0.5, 0.6) is 0 Å². The van der Waals surface area contributed by atoms with Crippen molar-refractivity contribution in [3.05, 3.63) is 0 Å². The minimum atomic E-state index is -3.89. The summed E-state index contributed by atoms with van der Waals surface area (Å²) in [7, 11) is -3.89. The lowest BCUT2D eigenvalue weighted by Gasteiger charge is -2.67. The Morgan fingerprint density at radius 3 is 2.14 bits per heavy atom. The smallest absolute Gasteiger partial charge is 0.264 e. The monoisotopic (exact) mass is 315 g/mol. The number of hydrogen-bond acceptors (Lipinski definition) is 3. The van der Waals surface area contributed by atoms with E-state index >= 15 is 0 Å². The second-order valence-electron chi connectivity index (χ2n) is 9.00. The minimum absolute atomic E-state index is 0.144. The summed E-state index contributed by atoms with van der Waals surface area (Å²) in [4.78, 5) is 0. The Bertz CT molecular complexity index is 512. The van der Waals surface area contributed by atoms with Gasteiger partial charge in [0.1, 0.15) is 0 Å². The van der Waals surface area contributed by atoms with Crippen LogP contribution in [0, 0.1) is 28.1 Å². The predicted molar refractivity (Wildman–Crippen MR) is 83.4 cm³/mol. The van der Waals surface area contributed by atoms with E-state index in [1.807, 2.05) is 0 Å². The third-order valence-electron chi connectivity index (χ3n) is 6.54. The first-order valence-electron chi connectivity index (χ1n) is 8.22. The summed E-state index contributed by atoms with van der Waals surface area (Å²) < 4.78 is 31.3. The van der Waals surface area contributed by atoms with E-state index in [1.165, 1.54) is 38.5 Å². The summed E-state index contributed by atoms with van der Waals surface area (Å²) in [5, 5.41) is 0. The first kappa shape index (κ1) is 15.8. The molecule has 21 heavy (non-hydrogen) atoms. The fraction of sp³-hybridized carbons (Fsp3) is 1.00. The van der Waals surface area contributed by atoms with Gasteiger partial charge in [0.15, 0.2) is 0 Å². The van der Waals surface area contributed by atoms with E-state index in [1.54, 1.807) is 0 Å². The molecule has 0 heterocycles. The molecule has 4 aliphatic rings. The average Bonchev–Trinajstić information content (AvgIpc) is 2.22. The molecule has 3 unspecified atom stereocenters. The minimum Gasteiger partial charge on any atom is -0.330 e. The molecule has 4 nitrogen and oxygen atoms in total. The third-order valence-corrected chi connectivity index (χ3v) is 7.30. The van der Waals surface area contributed by atoms with E-state index in [9.17, 15) is 8.42 Å². The number of nitrogens with two attached hydrogens (primary N) is 1. The lowest BCUT2D eigenvalue weighted by atomic mass is 9.38. The van der Waals surface area contributed by atoms with Crippen LogP contribution in [0.3, 0.4) is 0 Å². The van der Waals surface area contributed by atoms with Gasteiger partial charge in [0, 0.05) is 0 Å². The van der Waals surface area contributed by atoms with Crippen molar-refractivity contribution in [2.45, 2.75) is 58.8 Å². The highest BCUT2D eigenvalue weighted by atomic mass is 32.2. The molecule has 0 aromatic carbocycles. The van der Waals surface area contributed by atoms with Gasteiger partial charge in [-0.2, -0.15) is 8.42 Å². The quantitative estimate of drug-likeness (QED) is 0.764. The predicted octanol–water partition coefficient (Wildman–Crippen LogP) is 2.84. The maximum absolute atomic E-state index is 11.1. The van der Waals surface area contributed by atoms with Gasteiger partial charge in [-0.25, -0.2) is 0 Å². The van der Waals surface area contributed by atoms with Gasteiger partial charge in [-0.05, 0) is 79.6 Å². The average molecular weight is 315 g/mol. The molecule has 0 aliphatic heterocycles. The van der Waals surface area contributed by atoms with Crippen LogP contribution in [0.2, 0.25) is 0 Å². The number of hydrogen-bond donors (Lipinski definition) is 2. The first-order valence-corrected chi connectivity index (χ1v) is 9.83. The number of rotatable bonds is 5. The zero-order valence-corrected chi connectivity index (χ0v) is 14.1. The molecule has 0 aromatic heterocycles. The molecule has 0 spiro atoms. The van der Waals surface area contributed by atoms with Crippen molar-refractivity contribution in [2.75, 3.05) is 12.3 Å². The highest BCUT2D eigenvalue weighted by molar-refractivity contribution is 7.85. The summed E-state index contributed by atoms with van der Waals surface area (Å²) in [5.74, 6) is 0.867. The molecule has 4 rings (SSSR count). The molecule has 4 aliphatic carbocycles. The van der Waals surface area contributed by atoms with Crippen LogP contribution in [0.25, 0.3) is 0 Å². The van der Waals surface area contributed by atoms with Crippen LogP contribution in [0.4, 0.5) is 0 Å². The van der Waals surface area contributed by atoms with Gasteiger partial charge in [0.25, 0.3) is 10.1 Å². The standard InChI is InChI=1S/C16H29NO3S/c1-14-5-12-6-15(2,9-14)11-16(7-12,10-14)13(8-17)3-4-21(18,19)20/h12-13H,3-11,17H2,1-2H3,(H,18,19,20). The Balaban J connectivity index is 1.85. The fourth-order valence-electron chi connectivity index (χ4n) is 6.96. The third kappa shape index (κ3) is 2.89. The summed E-state index contributed by atoms with van der Waals surface area (Å²) >= 11 is 0. The zero-order chi connectivity index (χ0) is 15.5. The van der Waals surface area contributed by atoms with Gasteiger partial charge in [0.05, 0.1) is 5.75 Å². The summed E-state index contributed by atoms with van der Waals surface area (Å²) in [5.41, 5.74) is 7.08. The van der Waals surface area contributed by atoms with E-state index in [0.29, 0.717) is 23.8 Å². The molecule has 122 valence electrons. The summed E-state index contributed by atoms with van der Waals surface area (Å²) in [6.45, 7) is 5.37. The molecule has 4 saturated carbocycles. The van der Waals surface area contributed by atoms with Gasteiger partial charge in [-0.1, -0.05) is 13.8 Å². The largest absolute Gasteiger partial charge is 0.330 e. The van der Waals surface area contributed by atoms with E-state index < -0.39 is 10.1 Å². The van der Waals surface area contributed by atoms with E-state index in [2.05, 4.69) is 13.8 Å². The van der Waals surface area contributed by atoms with E-state index in [-0.39, 0.29) is 17.1 Å². The van der Waals surface area contributed by atoms with Crippen molar-refractivity contribution in [3.63, 3.8) is 0 Å².